The van der Waals surface area contributed by atoms with Crippen molar-refractivity contribution in [2.75, 3.05) is 6.61 Å². The Labute approximate surface area is 113 Å². The standard InChI is InChI=1S/C15H20N2O2/c1-5-18-14-7-9(2)12(6-10(14)3)15-13(8-16)11(4)17-19-15/h6-7H,5,8,16H2,1-4H3. The number of hydrogen-bond donors (Lipinski definition) is 1. The van der Waals surface area contributed by atoms with Gasteiger partial charge in [-0.3, -0.25) is 0 Å². The van der Waals surface area contributed by atoms with Crippen molar-refractivity contribution in [1.82, 2.24) is 5.16 Å². The quantitative estimate of drug-likeness (QED) is 0.917. The highest BCUT2D eigenvalue weighted by Gasteiger charge is 2.17. The van der Waals surface area contributed by atoms with E-state index in [1.165, 1.54) is 0 Å². The highest BCUT2D eigenvalue weighted by molar-refractivity contribution is 5.68. The van der Waals surface area contributed by atoms with Crippen molar-refractivity contribution in [2.24, 2.45) is 5.73 Å². The minimum atomic E-state index is 0.427. The van der Waals surface area contributed by atoms with Crippen molar-refractivity contribution in [3.63, 3.8) is 0 Å². The first-order chi connectivity index (χ1) is 9.08. The minimum absolute atomic E-state index is 0.427. The molecule has 0 unspecified atom stereocenters. The summed E-state index contributed by atoms with van der Waals surface area (Å²) in [6, 6.07) is 4.10. The van der Waals surface area contributed by atoms with Crippen molar-refractivity contribution in [2.45, 2.75) is 34.2 Å². The summed E-state index contributed by atoms with van der Waals surface area (Å²) in [4.78, 5) is 0. The van der Waals surface area contributed by atoms with Crippen LogP contribution in [0.15, 0.2) is 16.7 Å². The van der Waals surface area contributed by atoms with E-state index in [1.54, 1.807) is 0 Å². The maximum Gasteiger partial charge on any atom is 0.171 e. The van der Waals surface area contributed by atoms with Crippen LogP contribution in [0.25, 0.3) is 11.3 Å². The highest BCUT2D eigenvalue weighted by atomic mass is 16.5. The molecule has 0 atom stereocenters. The van der Waals surface area contributed by atoms with Crippen molar-refractivity contribution >= 4 is 0 Å². The van der Waals surface area contributed by atoms with Crippen LogP contribution in [0.4, 0.5) is 0 Å². The van der Waals surface area contributed by atoms with Gasteiger partial charge >= 0.3 is 0 Å². The van der Waals surface area contributed by atoms with Crippen LogP contribution in [0.1, 0.15) is 29.3 Å². The molecular weight excluding hydrogens is 240 g/mol. The maximum atomic E-state index is 5.77. The van der Waals surface area contributed by atoms with Gasteiger partial charge in [-0.25, -0.2) is 0 Å². The van der Waals surface area contributed by atoms with Crippen LogP contribution in [-0.2, 0) is 6.54 Å². The van der Waals surface area contributed by atoms with Gasteiger partial charge in [0.05, 0.1) is 12.3 Å². The van der Waals surface area contributed by atoms with E-state index in [2.05, 4.69) is 11.2 Å². The lowest BCUT2D eigenvalue weighted by molar-refractivity contribution is 0.337. The predicted molar refractivity (Wildman–Crippen MR) is 75.2 cm³/mol. The van der Waals surface area contributed by atoms with E-state index < -0.39 is 0 Å². The zero-order valence-corrected chi connectivity index (χ0v) is 11.9. The fourth-order valence-corrected chi connectivity index (χ4v) is 2.19. The number of ether oxygens (including phenoxy) is 1. The fourth-order valence-electron chi connectivity index (χ4n) is 2.19. The first-order valence-corrected chi connectivity index (χ1v) is 6.48. The molecule has 0 radical (unpaired) electrons. The van der Waals surface area contributed by atoms with E-state index in [9.17, 15) is 0 Å². The van der Waals surface area contributed by atoms with Gasteiger partial charge < -0.3 is 15.0 Å². The first-order valence-electron chi connectivity index (χ1n) is 6.48. The van der Waals surface area contributed by atoms with Crippen molar-refractivity contribution < 1.29 is 9.26 Å². The Bertz CT molecular complexity index is 588. The molecule has 4 heteroatoms. The lowest BCUT2D eigenvalue weighted by atomic mass is 9.99. The van der Waals surface area contributed by atoms with E-state index in [0.717, 1.165) is 39.5 Å². The molecule has 1 aromatic heterocycles. The molecule has 0 aliphatic heterocycles. The predicted octanol–water partition coefficient (Wildman–Crippen LogP) is 3.12. The third-order valence-electron chi connectivity index (χ3n) is 3.26. The lowest BCUT2D eigenvalue weighted by Crippen LogP contribution is -2.00. The van der Waals surface area contributed by atoms with E-state index in [1.807, 2.05) is 33.8 Å². The van der Waals surface area contributed by atoms with Gasteiger partial charge in [-0.05, 0) is 51.0 Å². The number of hydrogen-bond acceptors (Lipinski definition) is 4. The molecule has 0 fully saturated rings. The van der Waals surface area contributed by atoms with Gasteiger partial charge in [0.2, 0.25) is 0 Å². The molecule has 0 saturated carbocycles. The monoisotopic (exact) mass is 260 g/mol. The zero-order chi connectivity index (χ0) is 14.0. The van der Waals surface area contributed by atoms with Crippen molar-refractivity contribution in [3.8, 4) is 17.1 Å². The van der Waals surface area contributed by atoms with Gasteiger partial charge in [0, 0.05) is 17.7 Å². The van der Waals surface area contributed by atoms with E-state index in [-0.39, 0.29) is 0 Å². The molecule has 19 heavy (non-hydrogen) atoms. The Balaban J connectivity index is 2.53. The highest BCUT2D eigenvalue weighted by Crippen LogP contribution is 2.33. The summed E-state index contributed by atoms with van der Waals surface area (Å²) in [6.45, 7) is 9.04. The Hall–Kier alpha value is -1.81. The Morgan fingerprint density at radius 2 is 1.95 bits per heavy atom. The summed E-state index contributed by atoms with van der Waals surface area (Å²) in [5.74, 6) is 1.68. The van der Waals surface area contributed by atoms with E-state index in [4.69, 9.17) is 15.0 Å². The topological polar surface area (TPSA) is 61.3 Å². The summed E-state index contributed by atoms with van der Waals surface area (Å²) in [5, 5.41) is 4.01. The van der Waals surface area contributed by atoms with Gasteiger partial charge in [0.15, 0.2) is 5.76 Å². The Morgan fingerprint density at radius 3 is 2.58 bits per heavy atom. The molecule has 2 N–H and O–H groups in total. The molecule has 0 amide bonds. The number of rotatable bonds is 4. The van der Waals surface area contributed by atoms with Crippen LogP contribution in [0.2, 0.25) is 0 Å². The summed E-state index contributed by atoms with van der Waals surface area (Å²) < 4.78 is 11.0. The molecule has 0 bridgehead atoms. The number of benzene rings is 1. The molecule has 1 heterocycles. The molecule has 2 aromatic rings. The lowest BCUT2D eigenvalue weighted by Gasteiger charge is -2.11. The largest absolute Gasteiger partial charge is 0.494 e. The summed E-state index contributed by atoms with van der Waals surface area (Å²) >= 11 is 0. The van der Waals surface area contributed by atoms with E-state index in [0.29, 0.717) is 13.2 Å². The second-order valence-corrected chi connectivity index (χ2v) is 4.65. The van der Waals surface area contributed by atoms with Crippen molar-refractivity contribution in [3.05, 3.63) is 34.5 Å². The second-order valence-electron chi connectivity index (χ2n) is 4.65. The molecule has 102 valence electrons. The van der Waals surface area contributed by atoms with Gasteiger partial charge in [0.1, 0.15) is 5.75 Å². The van der Waals surface area contributed by atoms with Crippen LogP contribution < -0.4 is 10.5 Å². The SMILES string of the molecule is CCOc1cc(C)c(-c2onc(C)c2CN)cc1C. The fraction of sp³-hybridized carbons (Fsp3) is 0.400. The molecule has 0 saturated heterocycles. The second kappa shape index (κ2) is 5.45. The normalized spacial score (nSPS) is 10.8. The molecule has 2 rings (SSSR count). The zero-order valence-electron chi connectivity index (χ0n) is 11.9. The molecule has 1 aromatic carbocycles. The van der Waals surface area contributed by atoms with Gasteiger partial charge in [0.25, 0.3) is 0 Å². The average Bonchev–Trinajstić information content (AvgIpc) is 2.74. The van der Waals surface area contributed by atoms with Crippen LogP contribution in [0.3, 0.4) is 0 Å². The van der Waals surface area contributed by atoms with E-state index >= 15 is 0 Å². The Kier molecular flexibility index (Phi) is 3.90. The van der Waals surface area contributed by atoms with Crippen LogP contribution in [-0.4, -0.2) is 11.8 Å². The molecule has 0 spiro atoms. The first kappa shape index (κ1) is 13.6. The number of nitrogens with two attached hydrogens (primary N) is 1. The number of aromatic nitrogens is 1. The minimum Gasteiger partial charge on any atom is -0.494 e. The third-order valence-corrected chi connectivity index (χ3v) is 3.26. The summed E-state index contributed by atoms with van der Waals surface area (Å²) in [7, 11) is 0. The molecular formula is C15H20N2O2. The maximum absolute atomic E-state index is 5.77. The molecule has 4 nitrogen and oxygen atoms in total. The molecule has 0 aliphatic rings. The van der Waals surface area contributed by atoms with Crippen LogP contribution in [0.5, 0.6) is 5.75 Å². The van der Waals surface area contributed by atoms with Gasteiger partial charge in [-0.1, -0.05) is 5.16 Å². The Morgan fingerprint density at radius 1 is 1.21 bits per heavy atom. The number of nitrogens with zero attached hydrogens (tertiary/aromatic N) is 1. The summed E-state index contributed by atoms with van der Waals surface area (Å²) in [6.07, 6.45) is 0. The third kappa shape index (κ3) is 2.49. The summed E-state index contributed by atoms with van der Waals surface area (Å²) in [5.41, 5.74) is 10.8. The van der Waals surface area contributed by atoms with Crippen LogP contribution in [0, 0.1) is 20.8 Å². The van der Waals surface area contributed by atoms with Gasteiger partial charge in [-0.2, -0.15) is 0 Å². The van der Waals surface area contributed by atoms with Gasteiger partial charge in [-0.15, -0.1) is 0 Å². The smallest absolute Gasteiger partial charge is 0.171 e. The van der Waals surface area contributed by atoms with Crippen LogP contribution >= 0.6 is 0 Å². The molecule has 0 aliphatic carbocycles. The van der Waals surface area contributed by atoms with Crippen molar-refractivity contribution in [1.29, 1.82) is 0 Å². The average molecular weight is 260 g/mol. The number of aryl methyl sites for hydroxylation is 3.